The Balaban J connectivity index is 1.41. The van der Waals surface area contributed by atoms with Gasteiger partial charge in [-0.2, -0.15) is 0 Å². The van der Waals surface area contributed by atoms with Gasteiger partial charge in [-0.25, -0.2) is 4.98 Å². The summed E-state index contributed by atoms with van der Waals surface area (Å²) in [6.07, 6.45) is 3.72. The monoisotopic (exact) mass is 522 g/mol. The van der Waals surface area contributed by atoms with E-state index >= 15 is 0 Å². The lowest BCUT2D eigenvalue weighted by molar-refractivity contribution is -0.116. The molecule has 1 aliphatic heterocycles. The number of aryl methyl sites for hydroxylation is 1. The van der Waals surface area contributed by atoms with Crippen molar-refractivity contribution in [1.82, 2.24) is 14.5 Å². The Hall–Kier alpha value is -4.30. The number of amides is 1. The number of para-hydroxylation sites is 1. The van der Waals surface area contributed by atoms with E-state index in [1.807, 2.05) is 71.8 Å². The minimum Gasteiger partial charge on any atom is -0.497 e. The Morgan fingerprint density at radius 3 is 2.58 bits per heavy atom. The normalized spacial score (nSPS) is 12.9. The highest BCUT2D eigenvalue weighted by molar-refractivity contribution is 7.99. The number of ether oxygens (including phenoxy) is 1. The molecule has 38 heavy (non-hydrogen) atoms. The molecule has 0 aliphatic carbocycles. The number of methoxy groups -OCH3 is 1. The van der Waals surface area contributed by atoms with Gasteiger partial charge in [0.05, 0.1) is 18.6 Å². The van der Waals surface area contributed by atoms with Gasteiger partial charge in [0, 0.05) is 24.0 Å². The number of carbonyl (C=O) groups is 1. The molecule has 5 aromatic rings. The van der Waals surface area contributed by atoms with Crippen molar-refractivity contribution in [3.63, 3.8) is 0 Å². The number of nitrogens with zero attached hydrogens (tertiary/aromatic N) is 3. The van der Waals surface area contributed by atoms with Crippen LogP contribution < -0.4 is 15.2 Å². The van der Waals surface area contributed by atoms with Crippen LogP contribution in [0.5, 0.6) is 5.75 Å². The third-order valence-electron chi connectivity index (χ3n) is 6.82. The molecule has 0 bridgehead atoms. The first-order valence-corrected chi connectivity index (χ1v) is 13.5. The maximum Gasteiger partial charge on any atom is 0.283 e. The van der Waals surface area contributed by atoms with Gasteiger partial charge in [-0.1, -0.05) is 60.3 Å². The SMILES string of the molecule is COc1ccc(-n2c(SCC(=O)N3CCCc4ccccc43)nc3c(-c4ccccc4)c[nH]c3c2=O)cc1. The fourth-order valence-electron chi connectivity index (χ4n) is 4.93. The number of hydrogen-bond donors (Lipinski definition) is 1. The van der Waals surface area contributed by atoms with Gasteiger partial charge in [-0.15, -0.1) is 0 Å². The molecule has 1 aliphatic rings. The largest absolute Gasteiger partial charge is 0.497 e. The lowest BCUT2D eigenvalue weighted by Crippen LogP contribution is -2.36. The van der Waals surface area contributed by atoms with Gasteiger partial charge in [0.2, 0.25) is 5.91 Å². The van der Waals surface area contributed by atoms with Gasteiger partial charge in [-0.3, -0.25) is 14.2 Å². The second-order valence-corrected chi connectivity index (χ2v) is 10.0. The molecule has 0 atom stereocenters. The molecule has 0 unspecified atom stereocenters. The minimum atomic E-state index is -0.222. The molecule has 0 saturated carbocycles. The molecule has 1 amide bonds. The number of nitrogens with one attached hydrogen (secondary N) is 1. The summed E-state index contributed by atoms with van der Waals surface area (Å²) in [5.41, 5.74) is 5.40. The summed E-state index contributed by atoms with van der Waals surface area (Å²) in [7, 11) is 1.60. The van der Waals surface area contributed by atoms with Gasteiger partial charge in [0.1, 0.15) is 16.8 Å². The molecule has 3 heterocycles. The summed E-state index contributed by atoms with van der Waals surface area (Å²) in [5.74, 6) is 0.846. The van der Waals surface area contributed by atoms with E-state index in [0.29, 0.717) is 34.2 Å². The molecule has 0 spiro atoms. The zero-order valence-electron chi connectivity index (χ0n) is 20.9. The van der Waals surface area contributed by atoms with E-state index in [0.717, 1.165) is 29.7 Å². The van der Waals surface area contributed by atoms with Crippen molar-refractivity contribution in [2.75, 3.05) is 24.3 Å². The zero-order valence-corrected chi connectivity index (χ0v) is 21.7. The lowest BCUT2D eigenvalue weighted by atomic mass is 10.0. The highest BCUT2D eigenvalue weighted by atomic mass is 32.2. The number of H-pyrrole nitrogens is 1. The summed E-state index contributed by atoms with van der Waals surface area (Å²) >= 11 is 1.28. The molecule has 6 rings (SSSR count). The number of rotatable bonds is 6. The van der Waals surface area contributed by atoms with E-state index in [2.05, 4.69) is 11.1 Å². The van der Waals surface area contributed by atoms with Gasteiger partial charge in [0.25, 0.3) is 5.56 Å². The number of hydrogen-bond acceptors (Lipinski definition) is 5. The molecule has 2 aromatic heterocycles. The first-order chi connectivity index (χ1) is 18.6. The number of aromatic nitrogens is 3. The molecule has 0 saturated heterocycles. The first-order valence-electron chi connectivity index (χ1n) is 12.5. The van der Waals surface area contributed by atoms with Crippen molar-refractivity contribution < 1.29 is 9.53 Å². The molecule has 8 heteroatoms. The lowest BCUT2D eigenvalue weighted by Gasteiger charge is -2.29. The van der Waals surface area contributed by atoms with Crippen LogP contribution in [0.15, 0.2) is 95.0 Å². The highest BCUT2D eigenvalue weighted by Crippen LogP contribution is 2.31. The van der Waals surface area contributed by atoms with Crippen molar-refractivity contribution in [2.45, 2.75) is 18.0 Å². The van der Waals surface area contributed by atoms with Crippen LogP contribution in [0.1, 0.15) is 12.0 Å². The molecule has 1 N–H and O–H groups in total. The number of fused-ring (bicyclic) bond motifs is 2. The maximum atomic E-state index is 13.8. The first kappa shape index (κ1) is 24.1. The van der Waals surface area contributed by atoms with E-state index in [-0.39, 0.29) is 17.2 Å². The Morgan fingerprint density at radius 2 is 1.79 bits per heavy atom. The average Bonchev–Trinajstić information content (AvgIpc) is 3.40. The second kappa shape index (κ2) is 10.2. The number of thioether (sulfide) groups is 1. The molecule has 0 radical (unpaired) electrons. The van der Waals surface area contributed by atoms with Crippen LogP contribution in [-0.4, -0.2) is 39.8 Å². The number of benzene rings is 3. The van der Waals surface area contributed by atoms with Crippen molar-refractivity contribution in [2.24, 2.45) is 0 Å². The maximum absolute atomic E-state index is 13.8. The Morgan fingerprint density at radius 1 is 1.03 bits per heavy atom. The fraction of sp³-hybridized carbons (Fsp3) is 0.167. The van der Waals surface area contributed by atoms with Crippen LogP contribution in [0.25, 0.3) is 27.8 Å². The standard InChI is InChI=1S/C30H26N4O3S/c1-37-23-15-13-22(14-16-23)34-29(36)28-27(24(18-31-28)20-8-3-2-4-9-20)32-30(34)38-19-26(35)33-17-7-11-21-10-5-6-12-25(21)33/h2-6,8-10,12-16,18,31H,7,11,17,19H2,1H3. The minimum absolute atomic E-state index is 0.00451. The molecule has 7 nitrogen and oxygen atoms in total. The quantitative estimate of drug-likeness (QED) is 0.237. The van der Waals surface area contributed by atoms with E-state index in [1.54, 1.807) is 23.8 Å². The van der Waals surface area contributed by atoms with Crippen molar-refractivity contribution in [1.29, 1.82) is 0 Å². The van der Waals surface area contributed by atoms with Gasteiger partial charge in [0.15, 0.2) is 5.16 Å². The summed E-state index contributed by atoms with van der Waals surface area (Å²) in [5, 5.41) is 0.461. The predicted molar refractivity (Wildman–Crippen MR) is 152 cm³/mol. The third kappa shape index (κ3) is 4.37. The van der Waals surface area contributed by atoms with E-state index in [1.165, 1.54) is 17.3 Å². The topological polar surface area (TPSA) is 80.2 Å². The third-order valence-corrected chi connectivity index (χ3v) is 7.74. The van der Waals surface area contributed by atoms with Crippen LogP contribution in [0.3, 0.4) is 0 Å². The van der Waals surface area contributed by atoms with E-state index < -0.39 is 0 Å². The van der Waals surface area contributed by atoms with Crippen LogP contribution in [0.2, 0.25) is 0 Å². The summed E-state index contributed by atoms with van der Waals surface area (Å²) in [6, 6.07) is 25.1. The van der Waals surface area contributed by atoms with Crippen LogP contribution in [0.4, 0.5) is 5.69 Å². The smallest absolute Gasteiger partial charge is 0.283 e. The molecule has 0 fully saturated rings. The van der Waals surface area contributed by atoms with Crippen molar-refractivity contribution in [3.8, 4) is 22.6 Å². The number of carbonyl (C=O) groups excluding carboxylic acids is 1. The Labute approximate surface area is 224 Å². The van der Waals surface area contributed by atoms with Crippen LogP contribution in [-0.2, 0) is 11.2 Å². The van der Waals surface area contributed by atoms with Gasteiger partial charge in [-0.05, 0) is 54.3 Å². The zero-order chi connectivity index (χ0) is 26.1. The highest BCUT2D eigenvalue weighted by Gasteiger charge is 2.24. The Kier molecular flexibility index (Phi) is 6.47. The fourth-order valence-corrected chi connectivity index (χ4v) is 5.81. The molecule has 190 valence electrons. The van der Waals surface area contributed by atoms with Gasteiger partial charge >= 0.3 is 0 Å². The number of anilines is 1. The van der Waals surface area contributed by atoms with Crippen molar-refractivity contribution >= 4 is 34.4 Å². The second-order valence-electron chi connectivity index (χ2n) is 9.09. The van der Waals surface area contributed by atoms with Crippen molar-refractivity contribution in [3.05, 3.63) is 101 Å². The molecular weight excluding hydrogens is 496 g/mol. The predicted octanol–water partition coefficient (Wildman–Crippen LogP) is 5.46. The summed E-state index contributed by atoms with van der Waals surface area (Å²) < 4.78 is 6.86. The number of aromatic amines is 1. The molecular formula is C30H26N4O3S. The van der Waals surface area contributed by atoms with Crippen LogP contribution >= 0.6 is 11.8 Å². The van der Waals surface area contributed by atoms with Crippen LogP contribution in [0, 0.1) is 0 Å². The average molecular weight is 523 g/mol. The molecule has 3 aromatic carbocycles. The van der Waals surface area contributed by atoms with Gasteiger partial charge < -0.3 is 14.6 Å². The summed E-state index contributed by atoms with van der Waals surface area (Å²) in [4.78, 5) is 37.2. The Bertz CT molecular complexity index is 1680. The summed E-state index contributed by atoms with van der Waals surface area (Å²) in [6.45, 7) is 0.685. The van der Waals surface area contributed by atoms with E-state index in [9.17, 15) is 9.59 Å². The van der Waals surface area contributed by atoms with E-state index in [4.69, 9.17) is 9.72 Å².